The molecule has 1 unspecified atom stereocenters. The molecule has 21 heavy (non-hydrogen) atoms. The minimum Gasteiger partial charge on any atom is -0.467 e. The summed E-state index contributed by atoms with van der Waals surface area (Å²) in [6.07, 6.45) is -0.903. The Balaban J connectivity index is 4.72. The van der Waals surface area contributed by atoms with Crippen molar-refractivity contribution >= 4 is 28.9 Å². The van der Waals surface area contributed by atoms with Crippen molar-refractivity contribution in [1.82, 2.24) is 5.32 Å². The van der Waals surface area contributed by atoms with Gasteiger partial charge in [0.25, 0.3) is 0 Å². The highest BCUT2D eigenvalue weighted by Crippen LogP contribution is 2.25. The number of carbonyl (C=O) groups is 3. The maximum Gasteiger partial charge on any atom is 0.408 e. The standard InChI is InChI=1S/C14H25NO5S/c1-13(2,3)20-12(18)15-9(11(17)19-7)8-10(16)21-14(4,5)6/h9H,8H2,1-7H3,(H,15,18). The summed E-state index contributed by atoms with van der Waals surface area (Å²) in [7, 11) is 1.20. The fraction of sp³-hybridized carbons (Fsp3) is 0.786. The van der Waals surface area contributed by atoms with Gasteiger partial charge in [0.15, 0.2) is 5.12 Å². The van der Waals surface area contributed by atoms with Gasteiger partial charge in [0, 0.05) is 11.2 Å². The van der Waals surface area contributed by atoms with Crippen molar-refractivity contribution in [2.24, 2.45) is 0 Å². The molecule has 0 saturated heterocycles. The minimum absolute atomic E-state index is 0.145. The van der Waals surface area contributed by atoms with Crippen LogP contribution in [0, 0.1) is 0 Å². The molecule has 0 radical (unpaired) electrons. The number of hydrogen-bond donors (Lipinski definition) is 1. The molecule has 1 amide bonds. The average Bonchev–Trinajstić information content (AvgIpc) is 2.21. The van der Waals surface area contributed by atoms with Gasteiger partial charge in [0.2, 0.25) is 0 Å². The van der Waals surface area contributed by atoms with E-state index >= 15 is 0 Å². The second-order valence-corrected chi connectivity index (χ2v) is 8.40. The molecule has 1 N–H and O–H groups in total. The van der Waals surface area contributed by atoms with Crippen LogP contribution in [-0.2, 0) is 19.1 Å². The van der Waals surface area contributed by atoms with Crippen molar-refractivity contribution in [3.63, 3.8) is 0 Å². The van der Waals surface area contributed by atoms with Crippen LogP contribution in [0.4, 0.5) is 4.79 Å². The van der Waals surface area contributed by atoms with E-state index in [0.29, 0.717) is 0 Å². The van der Waals surface area contributed by atoms with E-state index in [0.717, 1.165) is 11.8 Å². The van der Waals surface area contributed by atoms with Crippen molar-refractivity contribution in [1.29, 1.82) is 0 Å². The van der Waals surface area contributed by atoms with Gasteiger partial charge in [-0.25, -0.2) is 9.59 Å². The van der Waals surface area contributed by atoms with Crippen LogP contribution in [0.5, 0.6) is 0 Å². The van der Waals surface area contributed by atoms with E-state index in [1.165, 1.54) is 7.11 Å². The predicted octanol–water partition coefficient (Wildman–Crippen LogP) is 2.50. The molecule has 122 valence electrons. The van der Waals surface area contributed by atoms with Crippen LogP contribution in [0.25, 0.3) is 0 Å². The molecule has 6 nitrogen and oxygen atoms in total. The molecule has 0 aliphatic rings. The van der Waals surface area contributed by atoms with Gasteiger partial charge in [-0.1, -0.05) is 32.5 Å². The number of esters is 1. The van der Waals surface area contributed by atoms with Gasteiger partial charge in [-0.05, 0) is 20.8 Å². The summed E-state index contributed by atoms with van der Waals surface area (Å²) in [6.45, 7) is 10.8. The molecule has 0 fully saturated rings. The third-order valence-corrected chi connectivity index (χ3v) is 2.97. The van der Waals surface area contributed by atoms with E-state index in [1.54, 1.807) is 20.8 Å². The summed E-state index contributed by atoms with van der Waals surface area (Å²) >= 11 is 1.11. The van der Waals surface area contributed by atoms with E-state index in [-0.39, 0.29) is 16.3 Å². The third-order valence-electron chi connectivity index (χ3n) is 1.97. The molecule has 0 aromatic heterocycles. The molecule has 0 aromatic carbocycles. The SMILES string of the molecule is COC(=O)C(CC(=O)SC(C)(C)C)NC(=O)OC(C)(C)C. The molecule has 0 heterocycles. The highest BCUT2D eigenvalue weighted by molar-refractivity contribution is 8.14. The Morgan fingerprint density at radius 3 is 2.00 bits per heavy atom. The molecule has 0 rings (SSSR count). The minimum atomic E-state index is -1.05. The van der Waals surface area contributed by atoms with Crippen molar-refractivity contribution in [2.75, 3.05) is 7.11 Å². The zero-order valence-electron chi connectivity index (χ0n) is 13.7. The molecular weight excluding hydrogens is 294 g/mol. The van der Waals surface area contributed by atoms with Gasteiger partial charge < -0.3 is 14.8 Å². The molecule has 7 heteroatoms. The number of nitrogens with one attached hydrogen (secondary N) is 1. The normalized spacial score (nSPS) is 13.3. The smallest absolute Gasteiger partial charge is 0.408 e. The van der Waals surface area contributed by atoms with Crippen molar-refractivity contribution in [3.05, 3.63) is 0 Å². The summed E-state index contributed by atoms with van der Waals surface area (Å²) in [5.41, 5.74) is -0.686. The number of alkyl carbamates (subject to hydrolysis) is 1. The monoisotopic (exact) mass is 319 g/mol. The van der Waals surface area contributed by atoms with E-state index < -0.39 is 23.7 Å². The lowest BCUT2D eigenvalue weighted by atomic mass is 10.2. The second kappa shape index (κ2) is 7.68. The predicted molar refractivity (Wildman–Crippen MR) is 82.1 cm³/mol. The van der Waals surface area contributed by atoms with Gasteiger partial charge in [-0.15, -0.1) is 0 Å². The first-order valence-corrected chi connectivity index (χ1v) is 7.45. The summed E-state index contributed by atoms with van der Waals surface area (Å²) in [5, 5.41) is 2.17. The maximum atomic E-state index is 11.9. The Labute approximate surface area is 130 Å². The zero-order chi connectivity index (χ0) is 16.8. The van der Waals surface area contributed by atoms with E-state index in [4.69, 9.17) is 4.74 Å². The van der Waals surface area contributed by atoms with Gasteiger partial charge in [-0.2, -0.15) is 0 Å². The van der Waals surface area contributed by atoms with Crippen LogP contribution >= 0.6 is 11.8 Å². The molecule has 0 aliphatic carbocycles. The lowest BCUT2D eigenvalue weighted by Gasteiger charge is -2.23. The second-order valence-electron chi connectivity index (χ2n) is 6.51. The van der Waals surface area contributed by atoms with E-state index in [1.807, 2.05) is 20.8 Å². The van der Waals surface area contributed by atoms with E-state index in [9.17, 15) is 14.4 Å². The Hall–Kier alpha value is -1.24. The summed E-state index contributed by atoms with van der Waals surface area (Å²) in [5.74, 6) is -0.677. The van der Waals surface area contributed by atoms with Crippen LogP contribution in [0.3, 0.4) is 0 Å². The number of thioether (sulfide) groups is 1. The van der Waals surface area contributed by atoms with Crippen molar-refractivity contribution in [2.45, 2.75) is 64.4 Å². The molecule has 0 aliphatic heterocycles. The van der Waals surface area contributed by atoms with Gasteiger partial charge >= 0.3 is 12.1 Å². The van der Waals surface area contributed by atoms with Gasteiger partial charge in [-0.3, -0.25) is 4.79 Å². The van der Waals surface area contributed by atoms with Gasteiger partial charge in [0.05, 0.1) is 7.11 Å². The first-order valence-electron chi connectivity index (χ1n) is 6.63. The third kappa shape index (κ3) is 10.2. The first kappa shape index (κ1) is 19.8. The summed E-state index contributed by atoms with van der Waals surface area (Å²) < 4.78 is 9.41. The zero-order valence-corrected chi connectivity index (χ0v) is 14.6. The Morgan fingerprint density at radius 2 is 1.62 bits per heavy atom. The lowest BCUT2D eigenvalue weighted by molar-refractivity contribution is -0.144. The Bertz CT molecular complexity index is 365. The van der Waals surface area contributed by atoms with Crippen LogP contribution in [-0.4, -0.2) is 40.7 Å². The molecular formula is C14H25NO5S. The highest BCUT2D eigenvalue weighted by atomic mass is 32.2. The van der Waals surface area contributed by atoms with E-state index in [2.05, 4.69) is 10.1 Å². The number of carbonyl (C=O) groups excluding carboxylic acids is 3. The van der Waals surface area contributed by atoms with Crippen LogP contribution in [0.2, 0.25) is 0 Å². The number of hydrogen-bond acceptors (Lipinski definition) is 6. The fourth-order valence-corrected chi connectivity index (χ4v) is 2.27. The summed E-state index contributed by atoms with van der Waals surface area (Å²) in [6, 6.07) is -1.05. The van der Waals surface area contributed by atoms with Crippen LogP contribution < -0.4 is 5.32 Å². The number of ether oxygens (including phenoxy) is 2. The molecule has 0 saturated carbocycles. The topological polar surface area (TPSA) is 81.7 Å². The first-order chi connectivity index (χ1) is 9.34. The van der Waals surface area contributed by atoms with Crippen molar-refractivity contribution in [3.8, 4) is 0 Å². The number of rotatable bonds is 4. The lowest BCUT2D eigenvalue weighted by Crippen LogP contribution is -2.45. The van der Waals surface area contributed by atoms with Crippen LogP contribution in [0.1, 0.15) is 48.0 Å². The molecule has 0 spiro atoms. The van der Waals surface area contributed by atoms with Crippen molar-refractivity contribution < 1.29 is 23.9 Å². The molecule has 0 aromatic rings. The van der Waals surface area contributed by atoms with Gasteiger partial charge in [0.1, 0.15) is 11.6 Å². The number of methoxy groups -OCH3 is 1. The highest BCUT2D eigenvalue weighted by Gasteiger charge is 2.29. The molecule has 0 bridgehead atoms. The van der Waals surface area contributed by atoms with Crippen LogP contribution in [0.15, 0.2) is 0 Å². The quantitative estimate of drug-likeness (QED) is 0.802. The Kier molecular flexibility index (Phi) is 7.23. The fourth-order valence-electron chi connectivity index (χ4n) is 1.34. The maximum absolute atomic E-state index is 11.9. The average molecular weight is 319 g/mol. The molecule has 1 atom stereocenters. The Morgan fingerprint density at radius 1 is 1.10 bits per heavy atom. The summed E-state index contributed by atoms with van der Waals surface area (Å²) in [4.78, 5) is 35.3. The number of amides is 1. The largest absolute Gasteiger partial charge is 0.467 e.